The number of anilines is 1. The largest absolute Gasteiger partial charge is 0.369 e. The smallest absolute Gasteiger partial charge is 0.140 e. The van der Waals surface area contributed by atoms with Crippen LogP contribution in [0.2, 0.25) is 0 Å². The molecule has 2 aliphatic carbocycles. The van der Waals surface area contributed by atoms with E-state index in [2.05, 4.69) is 9.80 Å². The predicted molar refractivity (Wildman–Crippen MR) is 89.0 cm³/mol. The average Bonchev–Trinajstić information content (AvgIpc) is 2.56. The molecular weight excluding hydrogens is 291 g/mol. The average molecular weight is 316 g/mol. The molecule has 23 heavy (non-hydrogen) atoms. The van der Waals surface area contributed by atoms with Gasteiger partial charge in [-0.25, -0.2) is 4.39 Å². The van der Waals surface area contributed by atoms with Gasteiger partial charge in [0, 0.05) is 49.7 Å². The summed E-state index contributed by atoms with van der Waals surface area (Å²) in [7, 11) is 0. The highest BCUT2D eigenvalue weighted by molar-refractivity contribution is 5.85. The van der Waals surface area contributed by atoms with E-state index in [-0.39, 0.29) is 5.82 Å². The summed E-state index contributed by atoms with van der Waals surface area (Å²) >= 11 is 0. The number of benzene rings is 1. The molecule has 4 rings (SSSR count). The zero-order chi connectivity index (χ0) is 15.8. The molecule has 1 saturated heterocycles. The maximum atomic E-state index is 13.1. The Hall–Kier alpha value is -1.42. The molecule has 3 aliphatic rings. The first-order valence-electron chi connectivity index (χ1n) is 9.00. The molecule has 3 nitrogen and oxygen atoms in total. The van der Waals surface area contributed by atoms with Crippen molar-refractivity contribution >= 4 is 11.5 Å². The summed E-state index contributed by atoms with van der Waals surface area (Å²) in [5.41, 5.74) is 1.10. The van der Waals surface area contributed by atoms with Crippen molar-refractivity contribution in [3.63, 3.8) is 0 Å². The lowest BCUT2D eigenvalue weighted by Gasteiger charge is -2.47. The summed E-state index contributed by atoms with van der Waals surface area (Å²) in [5, 5.41) is 0. The fourth-order valence-corrected chi connectivity index (χ4v) is 4.81. The topological polar surface area (TPSA) is 23.6 Å². The Kier molecular flexibility index (Phi) is 4.10. The number of ketones is 1. The first-order chi connectivity index (χ1) is 11.2. The molecule has 1 aromatic rings. The Morgan fingerprint density at radius 1 is 0.913 bits per heavy atom. The number of Topliss-reactive ketones (excluding diaryl/α,β-unsaturated/α-hetero) is 1. The fraction of sp³-hybridized carbons (Fsp3) is 0.632. The molecule has 1 aliphatic heterocycles. The molecule has 3 fully saturated rings. The Morgan fingerprint density at radius 3 is 2.39 bits per heavy atom. The van der Waals surface area contributed by atoms with E-state index in [0.29, 0.717) is 23.7 Å². The van der Waals surface area contributed by atoms with Gasteiger partial charge in [-0.2, -0.15) is 0 Å². The van der Waals surface area contributed by atoms with E-state index in [1.165, 1.54) is 25.0 Å². The van der Waals surface area contributed by atoms with Gasteiger partial charge >= 0.3 is 0 Å². The molecule has 0 aromatic heterocycles. The van der Waals surface area contributed by atoms with Gasteiger partial charge in [-0.3, -0.25) is 9.69 Å². The zero-order valence-corrected chi connectivity index (χ0v) is 13.6. The molecule has 3 atom stereocenters. The van der Waals surface area contributed by atoms with Gasteiger partial charge in [0.1, 0.15) is 11.6 Å². The molecule has 0 spiro atoms. The van der Waals surface area contributed by atoms with Crippen molar-refractivity contribution < 1.29 is 9.18 Å². The van der Waals surface area contributed by atoms with Crippen LogP contribution in [-0.2, 0) is 4.79 Å². The molecule has 0 N–H and O–H groups in total. The molecule has 124 valence electrons. The molecule has 3 unspecified atom stereocenters. The third-order valence-electron chi connectivity index (χ3n) is 6.09. The van der Waals surface area contributed by atoms with Crippen LogP contribution in [0.1, 0.15) is 32.1 Å². The number of halogens is 1. The predicted octanol–water partition coefficient (Wildman–Crippen LogP) is 3.10. The van der Waals surface area contributed by atoms with Crippen LogP contribution in [-0.4, -0.2) is 42.9 Å². The van der Waals surface area contributed by atoms with Crippen molar-refractivity contribution in [3.8, 4) is 0 Å². The van der Waals surface area contributed by atoms with Gasteiger partial charge in [0.2, 0.25) is 0 Å². The van der Waals surface area contributed by atoms with E-state index in [0.717, 1.165) is 51.1 Å². The summed E-state index contributed by atoms with van der Waals surface area (Å²) in [5.74, 6) is 1.03. The van der Waals surface area contributed by atoms with Crippen LogP contribution in [0.5, 0.6) is 0 Å². The van der Waals surface area contributed by atoms with Gasteiger partial charge in [-0.05, 0) is 49.9 Å². The number of carbonyl (C=O) groups excluding carboxylic acids is 1. The molecule has 4 heteroatoms. The Labute approximate surface area is 137 Å². The number of piperazine rings is 1. The van der Waals surface area contributed by atoms with Crippen LogP contribution in [0.15, 0.2) is 24.3 Å². The van der Waals surface area contributed by atoms with Gasteiger partial charge in [0.25, 0.3) is 0 Å². The Morgan fingerprint density at radius 2 is 1.65 bits per heavy atom. The van der Waals surface area contributed by atoms with Crippen molar-refractivity contribution in [1.82, 2.24) is 4.90 Å². The normalized spacial score (nSPS) is 32.1. The first kappa shape index (κ1) is 15.1. The van der Waals surface area contributed by atoms with Gasteiger partial charge in [-0.1, -0.05) is 6.42 Å². The second-order valence-corrected chi connectivity index (χ2v) is 7.28. The fourth-order valence-electron chi connectivity index (χ4n) is 4.81. The lowest BCUT2D eigenvalue weighted by Crippen LogP contribution is -2.56. The second-order valence-electron chi connectivity index (χ2n) is 7.28. The maximum absolute atomic E-state index is 13.1. The monoisotopic (exact) mass is 316 g/mol. The van der Waals surface area contributed by atoms with Gasteiger partial charge in [-0.15, -0.1) is 0 Å². The van der Waals surface area contributed by atoms with Crippen LogP contribution in [0, 0.1) is 17.7 Å². The standard InChI is InChI=1S/C19H25FN2O/c20-15-5-7-16(8-6-15)21-10-12-22(13-11-21)18-9-4-14-2-1-3-17(18)19(14)23/h5-8,14,17-18H,1-4,9-13H2. The maximum Gasteiger partial charge on any atom is 0.140 e. The van der Waals surface area contributed by atoms with E-state index < -0.39 is 0 Å². The molecule has 1 aromatic carbocycles. The lowest BCUT2D eigenvalue weighted by molar-refractivity contribution is -0.135. The van der Waals surface area contributed by atoms with E-state index in [4.69, 9.17) is 0 Å². The van der Waals surface area contributed by atoms with Crippen molar-refractivity contribution in [3.05, 3.63) is 30.1 Å². The summed E-state index contributed by atoms with van der Waals surface area (Å²) < 4.78 is 13.1. The van der Waals surface area contributed by atoms with E-state index in [1.54, 1.807) is 0 Å². The number of fused-ring (bicyclic) bond motifs is 2. The quantitative estimate of drug-likeness (QED) is 0.838. The molecule has 1 heterocycles. The summed E-state index contributed by atoms with van der Waals surface area (Å²) in [6, 6.07) is 7.25. The number of hydrogen-bond donors (Lipinski definition) is 0. The Bertz CT molecular complexity index is 565. The number of carbonyl (C=O) groups is 1. The minimum absolute atomic E-state index is 0.181. The van der Waals surface area contributed by atoms with E-state index in [1.807, 2.05) is 12.1 Å². The van der Waals surface area contributed by atoms with E-state index in [9.17, 15) is 9.18 Å². The highest BCUT2D eigenvalue weighted by Crippen LogP contribution is 2.39. The van der Waals surface area contributed by atoms with Crippen LogP contribution in [0.4, 0.5) is 10.1 Å². The van der Waals surface area contributed by atoms with Gasteiger partial charge < -0.3 is 4.90 Å². The van der Waals surface area contributed by atoms with Crippen LogP contribution in [0.25, 0.3) is 0 Å². The summed E-state index contributed by atoms with van der Waals surface area (Å²) in [6.07, 6.45) is 5.74. The third-order valence-corrected chi connectivity index (χ3v) is 6.09. The third kappa shape index (κ3) is 2.89. The second kappa shape index (κ2) is 6.23. The molecule has 2 bridgehead atoms. The first-order valence-corrected chi connectivity index (χ1v) is 9.00. The number of nitrogens with zero attached hydrogens (tertiary/aromatic N) is 2. The lowest BCUT2D eigenvalue weighted by atomic mass is 9.68. The van der Waals surface area contributed by atoms with E-state index >= 15 is 0 Å². The molecule has 0 radical (unpaired) electrons. The zero-order valence-electron chi connectivity index (χ0n) is 13.6. The minimum Gasteiger partial charge on any atom is -0.369 e. The molecular formula is C19H25FN2O. The highest BCUT2D eigenvalue weighted by atomic mass is 19.1. The van der Waals surface area contributed by atoms with Crippen LogP contribution < -0.4 is 4.90 Å². The van der Waals surface area contributed by atoms with Crippen LogP contribution in [0.3, 0.4) is 0 Å². The summed E-state index contributed by atoms with van der Waals surface area (Å²) in [4.78, 5) is 17.4. The van der Waals surface area contributed by atoms with Gasteiger partial charge in [0.15, 0.2) is 0 Å². The van der Waals surface area contributed by atoms with Crippen molar-refractivity contribution in [2.24, 2.45) is 11.8 Å². The Balaban J connectivity index is 1.39. The molecule has 2 saturated carbocycles. The van der Waals surface area contributed by atoms with Crippen molar-refractivity contribution in [2.45, 2.75) is 38.1 Å². The van der Waals surface area contributed by atoms with Gasteiger partial charge in [0.05, 0.1) is 0 Å². The SMILES string of the molecule is O=C1C2CCCC1C(N1CCN(c3ccc(F)cc3)CC1)CC2. The van der Waals surface area contributed by atoms with Crippen LogP contribution >= 0.6 is 0 Å². The number of rotatable bonds is 2. The van der Waals surface area contributed by atoms with Crippen molar-refractivity contribution in [2.75, 3.05) is 31.1 Å². The highest BCUT2D eigenvalue weighted by Gasteiger charge is 2.43. The molecule has 0 amide bonds. The number of hydrogen-bond acceptors (Lipinski definition) is 3. The van der Waals surface area contributed by atoms with Crippen molar-refractivity contribution in [1.29, 1.82) is 0 Å². The minimum atomic E-state index is -0.181. The summed E-state index contributed by atoms with van der Waals surface area (Å²) in [6.45, 7) is 3.95.